The van der Waals surface area contributed by atoms with Crippen molar-refractivity contribution in [2.45, 2.75) is 51.1 Å². The number of hydrogen-bond acceptors (Lipinski definition) is 3. The molecule has 2 rings (SSSR count). The summed E-state index contributed by atoms with van der Waals surface area (Å²) in [5.41, 5.74) is 7.19. The van der Waals surface area contributed by atoms with Crippen molar-refractivity contribution < 1.29 is 4.74 Å². The molecule has 0 heterocycles. The number of nitrogens with two attached hydrogens (primary N) is 1. The Labute approximate surface area is 116 Å². The average Bonchev–Trinajstić information content (AvgIpc) is 2.47. The van der Waals surface area contributed by atoms with Gasteiger partial charge in [-0.15, -0.1) is 0 Å². The molecule has 0 aromatic heterocycles. The SMILES string of the molecule is CCOc1ccc(C(CN)NC2CCCCC2)cc1. The maximum atomic E-state index is 5.92. The van der Waals surface area contributed by atoms with Gasteiger partial charge in [0.25, 0.3) is 0 Å². The van der Waals surface area contributed by atoms with Crippen molar-refractivity contribution in [2.24, 2.45) is 5.73 Å². The van der Waals surface area contributed by atoms with Gasteiger partial charge in [-0.3, -0.25) is 0 Å². The highest BCUT2D eigenvalue weighted by atomic mass is 16.5. The molecule has 1 aliphatic carbocycles. The van der Waals surface area contributed by atoms with Gasteiger partial charge in [0, 0.05) is 18.6 Å². The molecular formula is C16H26N2O. The molecule has 3 N–H and O–H groups in total. The number of ether oxygens (including phenoxy) is 1. The Hall–Kier alpha value is -1.06. The van der Waals surface area contributed by atoms with Crippen molar-refractivity contribution in [3.05, 3.63) is 29.8 Å². The molecule has 1 saturated carbocycles. The molecule has 106 valence electrons. The van der Waals surface area contributed by atoms with Crippen molar-refractivity contribution >= 4 is 0 Å². The minimum absolute atomic E-state index is 0.263. The van der Waals surface area contributed by atoms with Gasteiger partial charge in [-0.25, -0.2) is 0 Å². The molecule has 0 bridgehead atoms. The first-order chi connectivity index (χ1) is 9.33. The van der Waals surface area contributed by atoms with Crippen LogP contribution in [0.4, 0.5) is 0 Å². The molecule has 3 heteroatoms. The lowest BCUT2D eigenvalue weighted by molar-refractivity contribution is 0.336. The molecule has 1 aromatic rings. The lowest BCUT2D eigenvalue weighted by Gasteiger charge is -2.28. The van der Waals surface area contributed by atoms with E-state index in [0.717, 1.165) is 5.75 Å². The fourth-order valence-electron chi connectivity index (χ4n) is 2.82. The Kier molecular flexibility index (Phi) is 5.67. The molecular weight excluding hydrogens is 236 g/mol. The highest BCUT2D eigenvalue weighted by molar-refractivity contribution is 5.29. The first-order valence-electron chi connectivity index (χ1n) is 7.52. The van der Waals surface area contributed by atoms with Gasteiger partial charge >= 0.3 is 0 Å². The van der Waals surface area contributed by atoms with E-state index >= 15 is 0 Å². The number of benzene rings is 1. The van der Waals surface area contributed by atoms with E-state index in [1.54, 1.807) is 0 Å². The van der Waals surface area contributed by atoms with E-state index in [1.807, 2.05) is 19.1 Å². The topological polar surface area (TPSA) is 47.3 Å². The van der Waals surface area contributed by atoms with Crippen LogP contribution in [0.2, 0.25) is 0 Å². The van der Waals surface area contributed by atoms with Gasteiger partial charge < -0.3 is 15.8 Å². The van der Waals surface area contributed by atoms with E-state index in [0.29, 0.717) is 19.2 Å². The molecule has 1 aliphatic rings. The van der Waals surface area contributed by atoms with E-state index in [-0.39, 0.29) is 6.04 Å². The third-order valence-corrected chi connectivity index (χ3v) is 3.87. The van der Waals surface area contributed by atoms with E-state index in [2.05, 4.69) is 17.4 Å². The summed E-state index contributed by atoms with van der Waals surface area (Å²) < 4.78 is 5.47. The predicted molar refractivity (Wildman–Crippen MR) is 79.4 cm³/mol. The van der Waals surface area contributed by atoms with Crippen molar-refractivity contribution in [3.8, 4) is 5.75 Å². The van der Waals surface area contributed by atoms with Crippen LogP contribution in [-0.4, -0.2) is 19.2 Å². The molecule has 0 aliphatic heterocycles. The molecule has 1 atom stereocenters. The Morgan fingerprint density at radius 1 is 1.21 bits per heavy atom. The Morgan fingerprint density at radius 2 is 1.89 bits per heavy atom. The molecule has 0 radical (unpaired) electrons. The molecule has 1 aromatic carbocycles. The highest BCUT2D eigenvalue weighted by Crippen LogP contribution is 2.22. The largest absolute Gasteiger partial charge is 0.494 e. The first-order valence-corrected chi connectivity index (χ1v) is 7.52. The molecule has 3 nitrogen and oxygen atoms in total. The number of nitrogens with one attached hydrogen (secondary N) is 1. The summed E-state index contributed by atoms with van der Waals surface area (Å²) in [6.07, 6.45) is 6.64. The van der Waals surface area contributed by atoms with Crippen LogP contribution in [0, 0.1) is 0 Å². The highest BCUT2D eigenvalue weighted by Gasteiger charge is 2.18. The Bertz CT molecular complexity index is 358. The maximum absolute atomic E-state index is 5.92. The summed E-state index contributed by atoms with van der Waals surface area (Å²) in [4.78, 5) is 0. The quantitative estimate of drug-likeness (QED) is 0.828. The minimum atomic E-state index is 0.263. The van der Waals surface area contributed by atoms with Gasteiger partial charge in [0.2, 0.25) is 0 Å². The average molecular weight is 262 g/mol. The van der Waals surface area contributed by atoms with Gasteiger partial charge in [-0.1, -0.05) is 31.4 Å². The number of rotatable bonds is 6. The normalized spacial score (nSPS) is 18.2. The van der Waals surface area contributed by atoms with Gasteiger partial charge in [0.1, 0.15) is 5.75 Å². The van der Waals surface area contributed by atoms with Crippen LogP contribution in [0.5, 0.6) is 5.75 Å². The standard InChI is InChI=1S/C16H26N2O/c1-2-19-15-10-8-13(9-11-15)16(12-17)18-14-6-4-3-5-7-14/h8-11,14,16,18H,2-7,12,17H2,1H3. The Balaban J connectivity index is 1.95. The van der Waals surface area contributed by atoms with E-state index in [4.69, 9.17) is 10.5 Å². The molecule has 19 heavy (non-hydrogen) atoms. The second kappa shape index (κ2) is 7.51. The summed E-state index contributed by atoms with van der Waals surface area (Å²) in [5, 5.41) is 3.71. The zero-order valence-electron chi connectivity index (χ0n) is 11.9. The third kappa shape index (κ3) is 4.22. The summed E-state index contributed by atoms with van der Waals surface area (Å²) in [6.45, 7) is 3.35. The molecule has 0 amide bonds. The van der Waals surface area contributed by atoms with E-state index in [1.165, 1.54) is 37.7 Å². The summed E-state index contributed by atoms with van der Waals surface area (Å²) >= 11 is 0. The van der Waals surface area contributed by atoms with E-state index in [9.17, 15) is 0 Å². The molecule has 1 unspecified atom stereocenters. The fourth-order valence-corrected chi connectivity index (χ4v) is 2.82. The second-order valence-corrected chi connectivity index (χ2v) is 5.29. The maximum Gasteiger partial charge on any atom is 0.119 e. The Morgan fingerprint density at radius 3 is 2.47 bits per heavy atom. The second-order valence-electron chi connectivity index (χ2n) is 5.29. The number of hydrogen-bond donors (Lipinski definition) is 2. The summed E-state index contributed by atoms with van der Waals surface area (Å²) in [6, 6.07) is 9.21. The fraction of sp³-hybridized carbons (Fsp3) is 0.625. The lowest BCUT2D eigenvalue weighted by atomic mass is 9.94. The smallest absolute Gasteiger partial charge is 0.119 e. The van der Waals surface area contributed by atoms with Crippen LogP contribution < -0.4 is 15.8 Å². The zero-order chi connectivity index (χ0) is 13.5. The van der Waals surface area contributed by atoms with Crippen LogP contribution >= 0.6 is 0 Å². The van der Waals surface area contributed by atoms with Crippen LogP contribution in [-0.2, 0) is 0 Å². The third-order valence-electron chi connectivity index (χ3n) is 3.87. The van der Waals surface area contributed by atoms with Gasteiger partial charge in [-0.05, 0) is 37.5 Å². The van der Waals surface area contributed by atoms with Gasteiger partial charge in [-0.2, -0.15) is 0 Å². The van der Waals surface area contributed by atoms with Crippen LogP contribution in [0.25, 0.3) is 0 Å². The molecule has 0 saturated heterocycles. The van der Waals surface area contributed by atoms with E-state index < -0.39 is 0 Å². The van der Waals surface area contributed by atoms with Gasteiger partial charge in [0.05, 0.1) is 6.61 Å². The van der Waals surface area contributed by atoms with Crippen LogP contribution in [0.15, 0.2) is 24.3 Å². The summed E-state index contributed by atoms with van der Waals surface area (Å²) in [7, 11) is 0. The molecule has 1 fully saturated rings. The molecule has 0 spiro atoms. The monoisotopic (exact) mass is 262 g/mol. The first kappa shape index (κ1) is 14.4. The van der Waals surface area contributed by atoms with Crippen molar-refractivity contribution in [1.29, 1.82) is 0 Å². The van der Waals surface area contributed by atoms with Crippen molar-refractivity contribution in [1.82, 2.24) is 5.32 Å². The predicted octanol–water partition coefficient (Wildman–Crippen LogP) is 3.01. The van der Waals surface area contributed by atoms with Crippen molar-refractivity contribution in [2.75, 3.05) is 13.2 Å². The minimum Gasteiger partial charge on any atom is -0.494 e. The summed E-state index contributed by atoms with van der Waals surface area (Å²) in [5.74, 6) is 0.930. The zero-order valence-corrected chi connectivity index (χ0v) is 11.9. The lowest BCUT2D eigenvalue weighted by Crippen LogP contribution is -2.37. The van der Waals surface area contributed by atoms with Crippen LogP contribution in [0.1, 0.15) is 50.6 Å². The van der Waals surface area contributed by atoms with Gasteiger partial charge in [0.15, 0.2) is 0 Å². The van der Waals surface area contributed by atoms with Crippen molar-refractivity contribution in [3.63, 3.8) is 0 Å². The van der Waals surface area contributed by atoms with Crippen LogP contribution in [0.3, 0.4) is 0 Å².